The summed E-state index contributed by atoms with van der Waals surface area (Å²) in [6.45, 7) is 1.83. The average Bonchev–Trinajstić information content (AvgIpc) is 2.47. The normalized spacial score (nSPS) is 15.4. The lowest BCUT2D eigenvalue weighted by Crippen LogP contribution is -2.44. The topological polar surface area (TPSA) is 90.5 Å². The minimum Gasteiger partial charge on any atom is -0.481 e. The summed E-state index contributed by atoms with van der Waals surface area (Å²) in [7, 11) is 0. The van der Waals surface area contributed by atoms with E-state index in [0.717, 1.165) is 31.5 Å². The summed E-state index contributed by atoms with van der Waals surface area (Å²) in [5.41, 5.74) is 1.51. The minimum absolute atomic E-state index is 0.0502. The Morgan fingerprint density at radius 3 is 2.67 bits per heavy atom. The maximum atomic E-state index is 12.0. The van der Waals surface area contributed by atoms with Gasteiger partial charge in [-0.2, -0.15) is 0 Å². The second-order valence-electron chi connectivity index (χ2n) is 5.17. The molecule has 6 nitrogen and oxygen atoms in total. The van der Waals surface area contributed by atoms with Crippen molar-refractivity contribution >= 4 is 17.7 Å². The number of piperidine rings is 1. The number of para-hydroxylation sites is 1. The molecule has 1 heterocycles. The summed E-state index contributed by atoms with van der Waals surface area (Å²) in [6, 6.07) is 7.25. The van der Waals surface area contributed by atoms with Gasteiger partial charge < -0.3 is 21.1 Å². The molecular weight excluding hydrogens is 270 g/mol. The number of nitrogens with one attached hydrogen (secondary N) is 3. The molecule has 4 N–H and O–H groups in total. The third-order valence-electron chi connectivity index (χ3n) is 3.55. The number of aliphatic carboxylic acids is 1. The number of carboxylic acids is 1. The summed E-state index contributed by atoms with van der Waals surface area (Å²) in [5, 5.41) is 17.8. The number of carbonyl (C=O) groups excluding carboxylic acids is 1. The van der Waals surface area contributed by atoms with Crippen molar-refractivity contribution in [2.24, 2.45) is 0 Å². The van der Waals surface area contributed by atoms with Crippen LogP contribution < -0.4 is 16.0 Å². The molecule has 21 heavy (non-hydrogen) atoms. The maximum Gasteiger partial charge on any atom is 0.319 e. The molecule has 1 aromatic carbocycles. The lowest BCUT2D eigenvalue weighted by molar-refractivity contribution is -0.136. The fourth-order valence-electron chi connectivity index (χ4n) is 2.41. The Hall–Kier alpha value is -2.08. The summed E-state index contributed by atoms with van der Waals surface area (Å²) in [4.78, 5) is 22.7. The van der Waals surface area contributed by atoms with Crippen molar-refractivity contribution in [1.82, 2.24) is 10.6 Å². The Morgan fingerprint density at radius 1 is 1.24 bits per heavy atom. The number of amides is 2. The van der Waals surface area contributed by atoms with Crippen LogP contribution in [0.5, 0.6) is 0 Å². The molecule has 0 radical (unpaired) electrons. The van der Waals surface area contributed by atoms with Gasteiger partial charge in [0.25, 0.3) is 0 Å². The molecule has 1 fully saturated rings. The zero-order valence-electron chi connectivity index (χ0n) is 11.9. The zero-order valence-corrected chi connectivity index (χ0v) is 11.9. The van der Waals surface area contributed by atoms with Crippen LogP contribution in [0.15, 0.2) is 24.3 Å². The van der Waals surface area contributed by atoms with Gasteiger partial charge in [0.1, 0.15) is 0 Å². The predicted octanol–water partition coefficient (Wildman–Crippen LogP) is 1.58. The van der Waals surface area contributed by atoms with Crippen LogP contribution in [0.25, 0.3) is 0 Å². The number of urea groups is 1. The molecule has 1 aliphatic heterocycles. The van der Waals surface area contributed by atoms with Crippen molar-refractivity contribution in [3.05, 3.63) is 29.8 Å². The first-order valence-electron chi connectivity index (χ1n) is 7.23. The van der Waals surface area contributed by atoms with Gasteiger partial charge in [0.05, 0.1) is 0 Å². The summed E-state index contributed by atoms with van der Waals surface area (Å²) in [6.07, 6.45) is 2.30. The van der Waals surface area contributed by atoms with Crippen molar-refractivity contribution in [3.63, 3.8) is 0 Å². The van der Waals surface area contributed by atoms with Gasteiger partial charge in [0.15, 0.2) is 0 Å². The monoisotopic (exact) mass is 291 g/mol. The highest BCUT2D eigenvalue weighted by Crippen LogP contribution is 2.17. The lowest BCUT2D eigenvalue weighted by atomic mass is 10.1. The van der Waals surface area contributed by atoms with Crippen LogP contribution in [0.3, 0.4) is 0 Å². The quantitative estimate of drug-likeness (QED) is 0.663. The molecule has 2 rings (SSSR count). The highest BCUT2D eigenvalue weighted by Gasteiger charge is 2.16. The number of anilines is 1. The van der Waals surface area contributed by atoms with Crippen LogP contribution in [0, 0.1) is 0 Å². The number of hydrogen-bond acceptors (Lipinski definition) is 3. The Labute approximate surface area is 123 Å². The number of carboxylic acid groups (broad SMARTS) is 1. The average molecular weight is 291 g/mol. The van der Waals surface area contributed by atoms with E-state index in [2.05, 4.69) is 16.0 Å². The number of hydrogen-bond donors (Lipinski definition) is 4. The van der Waals surface area contributed by atoms with E-state index in [1.165, 1.54) is 0 Å². The zero-order chi connectivity index (χ0) is 15.1. The first kappa shape index (κ1) is 15.3. The molecule has 1 saturated heterocycles. The SMILES string of the molecule is O=C(O)CCc1ccccc1NC(=O)NC1CCNCC1. The van der Waals surface area contributed by atoms with Crippen LogP contribution >= 0.6 is 0 Å². The Bertz CT molecular complexity index is 499. The summed E-state index contributed by atoms with van der Waals surface area (Å²) in [5.74, 6) is -0.844. The van der Waals surface area contributed by atoms with Crippen LogP contribution in [0.1, 0.15) is 24.8 Å². The van der Waals surface area contributed by atoms with Crippen molar-refractivity contribution in [2.45, 2.75) is 31.7 Å². The van der Waals surface area contributed by atoms with Crippen LogP contribution in [0.2, 0.25) is 0 Å². The highest BCUT2D eigenvalue weighted by atomic mass is 16.4. The van der Waals surface area contributed by atoms with Gasteiger partial charge in [-0.3, -0.25) is 4.79 Å². The van der Waals surface area contributed by atoms with E-state index < -0.39 is 5.97 Å². The van der Waals surface area contributed by atoms with Gasteiger partial charge in [0, 0.05) is 18.2 Å². The second-order valence-corrected chi connectivity index (χ2v) is 5.17. The molecule has 6 heteroatoms. The molecule has 2 amide bonds. The van der Waals surface area contributed by atoms with Crippen molar-refractivity contribution in [1.29, 1.82) is 0 Å². The van der Waals surface area contributed by atoms with Gasteiger partial charge in [-0.15, -0.1) is 0 Å². The smallest absolute Gasteiger partial charge is 0.319 e. The van der Waals surface area contributed by atoms with Crippen LogP contribution in [-0.4, -0.2) is 36.2 Å². The fraction of sp³-hybridized carbons (Fsp3) is 0.467. The van der Waals surface area contributed by atoms with E-state index in [4.69, 9.17) is 5.11 Å². The van der Waals surface area contributed by atoms with E-state index in [1.54, 1.807) is 6.07 Å². The van der Waals surface area contributed by atoms with Crippen molar-refractivity contribution in [2.75, 3.05) is 18.4 Å². The van der Waals surface area contributed by atoms with E-state index in [9.17, 15) is 9.59 Å². The van der Waals surface area contributed by atoms with E-state index in [-0.39, 0.29) is 18.5 Å². The number of benzene rings is 1. The Morgan fingerprint density at radius 2 is 1.95 bits per heavy atom. The van der Waals surface area contributed by atoms with Crippen LogP contribution in [-0.2, 0) is 11.2 Å². The van der Waals surface area contributed by atoms with Gasteiger partial charge >= 0.3 is 12.0 Å². The highest BCUT2D eigenvalue weighted by molar-refractivity contribution is 5.90. The molecule has 0 aromatic heterocycles. The van der Waals surface area contributed by atoms with Gasteiger partial charge in [-0.1, -0.05) is 18.2 Å². The van der Waals surface area contributed by atoms with Gasteiger partial charge in [0.2, 0.25) is 0 Å². The molecule has 114 valence electrons. The molecule has 1 aromatic rings. The number of aryl methyl sites for hydroxylation is 1. The van der Waals surface area contributed by atoms with Crippen LogP contribution in [0.4, 0.5) is 10.5 Å². The first-order chi connectivity index (χ1) is 10.1. The van der Waals surface area contributed by atoms with Crippen molar-refractivity contribution < 1.29 is 14.7 Å². The standard InChI is InChI=1S/C15H21N3O3/c19-14(20)6-5-11-3-1-2-4-13(11)18-15(21)17-12-7-9-16-10-8-12/h1-4,12,16H,5-10H2,(H,19,20)(H2,17,18,21). The molecule has 0 bridgehead atoms. The van der Waals surface area contributed by atoms with Crippen molar-refractivity contribution in [3.8, 4) is 0 Å². The lowest BCUT2D eigenvalue weighted by Gasteiger charge is -2.24. The minimum atomic E-state index is -0.844. The van der Waals surface area contributed by atoms with Gasteiger partial charge in [-0.05, 0) is 44.0 Å². The third kappa shape index (κ3) is 5.07. The molecule has 0 atom stereocenters. The molecule has 1 aliphatic rings. The fourth-order valence-corrected chi connectivity index (χ4v) is 2.41. The molecular formula is C15H21N3O3. The summed E-state index contributed by atoms with van der Waals surface area (Å²) >= 11 is 0. The number of carbonyl (C=O) groups is 2. The van der Waals surface area contributed by atoms with E-state index in [0.29, 0.717) is 12.1 Å². The first-order valence-corrected chi connectivity index (χ1v) is 7.23. The maximum absolute atomic E-state index is 12.0. The summed E-state index contributed by atoms with van der Waals surface area (Å²) < 4.78 is 0. The molecule has 0 saturated carbocycles. The van der Waals surface area contributed by atoms with E-state index in [1.807, 2.05) is 18.2 Å². The van der Waals surface area contributed by atoms with E-state index >= 15 is 0 Å². The number of rotatable bonds is 5. The molecule has 0 unspecified atom stereocenters. The second kappa shape index (κ2) is 7.64. The third-order valence-corrected chi connectivity index (χ3v) is 3.55. The Kier molecular flexibility index (Phi) is 5.57. The largest absolute Gasteiger partial charge is 0.481 e. The molecule has 0 spiro atoms. The Balaban J connectivity index is 1.91. The van der Waals surface area contributed by atoms with Gasteiger partial charge in [-0.25, -0.2) is 4.79 Å². The predicted molar refractivity (Wildman–Crippen MR) is 80.4 cm³/mol. The molecule has 0 aliphatic carbocycles.